The second-order valence-corrected chi connectivity index (χ2v) is 14.1. The van der Waals surface area contributed by atoms with Crippen molar-refractivity contribution < 1.29 is 0 Å². The molecule has 0 spiro atoms. The topological polar surface area (TPSA) is 0 Å². The lowest BCUT2D eigenvalue weighted by Gasteiger charge is -2.73. The maximum atomic E-state index is 2.78. The average molecular weight is 397 g/mol. The summed E-state index contributed by atoms with van der Waals surface area (Å²) in [7, 11) is 0. The van der Waals surface area contributed by atoms with E-state index >= 15 is 0 Å². The Morgan fingerprint density at radius 1 is 0.690 bits per heavy atom. The van der Waals surface area contributed by atoms with Crippen LogP contribution in [0.25, 0.3) is 0 Å². The Balaban J connectivity index is 1.56. The summed E-state index contributed by atoms with van der Waals surface area (Å²) in [5.41, 5.74) is 2.64. The first-order valence-electron chi connectivity index (χ1n) is 13.2. The van der Waals surface area contributed by atoms with Crippen molar-refractivity contribution in [1.29, 1.82) is 0 Å². The van der Waals surface area contributed by atoms with E-state index in [1.54, 1.807) is 0 Å². The normalized spacial score (nSPS) is 58.5. The fraction of sp³-hybridized carbons (Fsp3) is 0.931. The van der Waals surface area contributed by atoms with Crippen molar-refractivity contribution in [3.8, 4) is 0 Å². The second kappa shape index (κ2) is 6.16. The molecule has 29 heavy (non-hydrogen) atoms. The zero-order valence-electron chi connectivity index (χ0n) is 20.6. The smallest absolute Gasteiger partial charge is 0.00820 e. The minimum absolute atomic E-state index is 0.447. The van der Waals surface area contributed by atoms with E-state index in [9.17, 15) is 0 Å². The van der Waals surface area contributed by atoms with E-state index in [1.807, 2.05) is 0 Å². The Kier molecular flexibility index (Phi) is 4.38. The van der Waals surface area contributed by atoms with E-state index in [4.69, 9.17) is 0 Å². The second-order valence-electron chi connectivity index (χ2n) is 14.1. The van der Waals surface area contributed by atoms with Crippen LogP contribution in [0.3, 0.4) is 0 Å². The van der Waals surface area contributed by atoms with Crippen molar-refractivity contribution in [3.63, 3.8) is 0 Å². The van der Waals surface area contributed by atoms with Crippen LogP contribution in [0.1, 0.15) is 113 Å². The predicted molar refractivity (Wildman–Crippen MR) is 125 cm³/mol. The van der Waals surface area contributed by atoms with Gasteiger partial charge in [-0.1, -0.05) is 67.0 Å². The van der Waals surface area contributed by atoms with Gasteiger partial charge in [0.25, 0.3) is 0 Å². The molecule has 4 saturated carbocycles. The molecule has 0 aromatic rings. The summed E-state index contributed by atoms with van der Waals surface area (Å²) >= 11 is 0. The molecule has 164 valence electrons. The molecule has 0 radical (unpaired) electrons. The van der Waals surface area contributed by atoms with Crippen molar-refractivity contribution in [2.24, 2.45) is 56.7 Å². The van der Waals surface area contributed by atoms with E-state index < -0.39 is 0 Å². The van der Waals surface area contributed by atoms with Crippen molar-refractivity contribution in [1.82, 2.24) is 0 Å². The number of allylic oxidation sites excluding steroid dienone is 2. The van der Waals surface area contributed by atoms with Crippen LogP contribution in [0.4, 0.5) is 0 Å². The van der Waals surface area contributed by atoms with Gasteiger partial charge in [0.2, 0.25) is 0 Å². The highest BCUT2D eigenvalue weighted by atomic mass is 14.7. The highest BCUT2D eigenvalue weighted by Gasteiger charge is 2.69. The lowest BCUT2D eigenvalue weighted by molar-refractivity contribution is -0.239. The summed E-state index contributed by atoms with van der Waals surface area (Å²) in [4.78, 5) is 0. The van der Waals surface area contributed by atoms with Gasteiger partial charge < -0.3 is 0 Å². The van der Waals surface area contributed by atoms with Crippen molar-refractivity contribution in [3.05, 3.63) is 12.2 Å². The molecule has 5 aliphatic rings. The van der Waals surface area contributed by atoms with E-state index in [2.05, 4.69) is 60.6 Å². The Bertz CT molecular complexity index is 701. The molecule has 5 aliphatic carbocycles. The number of hydrogen-bond donors (Lipinski definition) is 0. The Labute approximate surface area is 181 Å². The van der Waals surface area contributed by atoms with Gasteiger partial charge in [-0.2, -0.15) is 0 Å². The highest BCUT2D eigenvalue weighted by molar-refractivity contribution is 5.22. The molecular weight excluding hydrogens is 348 g/mol. The summed E-state index contributed by atoms with van der Waals surface area (Å²) in [6, 6.07) is 0. The maximum Gasteiger partial charge on any atom is -0.00820 e. The van der Waals surface area contributed by atoms with Crippen LogP contribution in [0, 0.1) is 56.7 Å². The monoisotopic (exact) mass is 396 g/mol. The van der Waals surface area contributed by atoms with Gasteiger partial charge in [0.15, 0.2) is 0 Å². The van der Waals surface area contributed by atoms with Gasteiger partial charge in [0.05, 0.1) is 0 Å². The molecule has 0 amide bonds. The zero-order valence-corrected chi connectivity index (χ0v) is 20.6. The van der Waals surface area contributed by atoms with Gasteiger partial charge in [-0.05, 0) is 114 Å². The molecular formula is C29H48. The van der Waals surface area contributed by atoms with Gasteiger partial charge in [0.1, 0.15) is 0 Å². The van der Waals surface area contributed by atoms with Crippen molar-refractivity contribution >= 4 is 0 Å². The van der Waals surface area contributed by atoms with Gasteiger partial charge in [-0.3, -0.25) is 0 Å². The molecule has 0 saturated heterocycles. The highest BCUT2D eigenvalue weighted by Crippen LogP contribution is 2.76. The fourth-order valence-electron chi connectivity index (χ4n) is 11.4. The van der Waals surface area contributed by atoms with Crippen LogP contribution in [0.5, 0.6) is 0 Å². The quantitative estimate of drug-likeness (QED) is 0.359. The maximum absolute atomic E-state index is 2.78. The van der Waals surface area contributed by atoms with Crippen molar-refractivity contribution in [2.45, 2.75) is 113 Å². The molecule has 9 atom stereocenters. The van der Waals surface area contributed by atoms with Gasteiger partial charge in [0, 0.05) is 0 Å². The first kappa shape index (κ1) is 20.6. The SMILES string of the molecule is C[C@@H]1CC=C[C@]2(C)[C@H]3CC[C@@H]4[C@@]5(C)CCCC(C)(C)[C@@H]5CC[C@@]4(C)[C@]3(C)CC[C@@H]12. The van der Waals surface area contributed by atoms with E-state index in [0.717, 1.165) is 29.6 Å². The summed E-state index contributed by atoms with van der Waals surface area (Å²) in [6.07, 6.45) is 20.0. The van der Waals surface area contributed by atoms with Gasteiger partial charge in [-0.15, -0.1) is 0 Å². The zero-order chi connectivity index (χ0) is 20.9. The third-order valence-electron chi connectivity index (χ3n) is 12.8. The molecule has 4 fully saturated rings. The predicted octanol–water partition coefficient (Wildman–Crippen LogP) is 8.66. The average Bonchev–Trinajstić information content (AvgIpc) is 2.61. The van der Waals surface area contributed by atoms with Crippen molar-refractivity contribution in [2.75, 3.05) is 0 Å². The number of fused-ring (bicyclic) bond motifs is 7. The van der Waals surface area contributed by atoms with Crippen LogP contribution in [-0.4, -0.2) is 0 Å². The Hall–Kier alpha value is -0.260. The van der Waals surface area contributed by atoms with E-state index in [1.165, 1.54) is 64.2 Å². The summed E-state index contributed by atoms with van der Waals surface area (Å²) in [5, 5.41) is 0. The number of rotatable bonds is 0. The lowest BCUT2D eigenvalue weighted by atomic mass is 9.31. The van der Waals surface area contributed by atoms with E-state index in [0.29, 0.717) is 27.1 Å². The Morgan fingerprint density at radius 3 is 2.10 bits per heavy atom. The van der Waals surface area contributed by atoms with Crippen LogP contribution >= 0.6 is 0 Å². The first-order valence-corrected chi connectivity index (χ1v) is 13.2. The van der Waals surface area contributed by atoms with Gasteiger partial charge >= 0.3 is 0 Å². The molecule has 0 nitrogen and oxygen atoms in total. The molecule has 0 N–H and O–H groups in total. The molecule has 0 unspecified atom stereocenters. The molecule has 0 heterocycles. The van der Waals surface area contributed by atoms with Crippen LogP contribution in [0.15, 0.2) is 12.2 Å². The van der Waals surface area contributed by atoms with Crippen LogP contribution in [0.2, 0.25) is 0 Å². The van der Waals surface area contributed by atoms with E-state index in [-0.39, 0.29) is 0 Å². The lowest BCUT2D eigenvalue weighted by Crippen LogP contribution is -2.66. The third-order valence-corrected chi connectivity index (χ3v) is 12.8. The first-order chi connectivity index (χ1) is 13.5. The molecule has 0 aromatic carbocycles. The molecule has 0 aliphatic heterocycles. The third kappa shape index (κ3) is 2.44. The molecule has 5 rings (SSSR count). The van der Waals surface area contributed by atoms with Crippen LogP contribution < -0.4 is 0 Å². The molecule has 0 aromatic heterocycles. The summed E-state index contributed by atoms with van der Waals surface area (Å²) in [5.74, 6) is 4.59. The largest absolute Gasteiger partial charge is 0.0877 e. The number of hydrogen-bond acceptors (Lipinski definition) is 0. The fourth-order valence-corrected chi connectivity index (χ4v) is 11.4. The minimum atomic E-state index is 0.447. The van der Waals surface area contributed by atoms with Gasteiger partial charge in [-0.25, -0.2) is 0 Å². The molecule has 0 heteroatoms. The summed E-state index contributed by atoms with van der Waals surface area (Å²) in [6.45, 7) is 18.7. The van der Waals surface area contributed by atoms with Crippen LogP contribution in [-0.2, 0) is 0 Å². The minimum Gasteiger partial charge on any atom is -0.0877 e. The Morgan fingerprint density at radius 2 is 1.34 bits per heavy atom. The molecule has 0 bridgehead atoms. The summed E-state index contributed by atoms with van der Waals surface area (Å²) < 4.78 is 0. The standard InChI is InChI=1S/C29H48/c1-20-10-8-16-26(4)21(20)13-18-28(6)23(26)11-12-24-27(5)17-9-15-25(2,3)22(27)14-19-29(24,28)7/h8,16,20-24H,9-15,17-19H2,1-7H3/t20-,21+,22+,23-,24-,26+,27+,28-,29-/m1/s1.